The Labute approximate surface area is 104 Å². The fraction of sp³-hybridized carbons (Fsp3) is 0.0667. The second kappa shape index (κ2) is 4.18. The van der Waals surface area contributed by atoms with Crippen molar-refractivity contribution in [2.45, 2.75) is 0 Å². The summed E-state index contributed by atoms with van der Waals surface area (Å²) in [5.74, 6) is -0.0945. The van der Waals surface area contributed by atoms with Crippen LogP contribution in [0.1, 0.15) is 0 Å². The lowest BCUT2D eigenvalue weighted by atomic mass is 10.2. The van der Waals surface area contributed by atoms with E-state index in [2.05, 4.69) is 0 Å². The van der Waals surface area contributed by atoms with E-state index < -0.39 is 0 Å². The third-order valence-electron chi connectivity index (χ3n) is 3.01. The van der Waals surface area contributed by atoms with Crippen molar-refractivity contribution < 1.29 is 9.13 Å². The molecule has 0 aliphatic heterocycles. The van der Waals surface area contributed by atoms with Crippen LogP contribution in [-0.2, 0) is 0 Å². The van der Waals surface area contributed by atoms with Crippen molar-refractivity contribution in [3.05, 3.63) is 60.5 Å². The first-order chi connectivity index (χ1) is 8.79. The normalized spacial score (nSPS) is 10.8. The number of para-hydroxylation sites is 1. The Morgan fingerprint density at radius 3 is 2.67 bits per heavy atom. The van der Waals surface area contributed by atoms with Crippen LogP contribution in [0, 0.1) is 5.82 Å². The van der Waals surface area contributed by atoms with Gasteiger partial charge in [0, 0.05) is 18.0 Å². The van der Waals surface area contributed by atoms with Gasteiger partial charge in [0.25, 0.3) is 0 Å². The highest BCUT2D eigenvalue weighted by Gasteiger charge is 2.06. The lowest BCUT2D eigenvalue weighted by Crippen LogP contribution is -1.94. The number of nitrogens with zero attached hydrogens (tertiary/aromatic N) is 1. The predicted molar refractivity (Wildman–Crippen MR) is 69.8 cm³/mol. The number of fused-ring (bicyclic) bond motifs is 1. The summed E-state index contributed by atoms with van der Waals surface area (Å²) >= 11 is 0. The van der Waals surface area contributed by atoms with Crippen molar-refractivity contribution >= 4 is 10.9 Å². The van der Waals surface area contributed by atoms with Crippen LogP contribution in [0.3, 0.4) is 0 Å². The van der Waals surface area contributed by atoms with Gasteiger partial charge in [-0.3, -0.25) is 0 Å². The van der Waals surface area contributed by atoms with Crippen LogP contribution in [-0.4, -0.2) is 11.7 Å². The summed E-state index contributed by atoms with van der Waals surface area (Å²) in [6.07, 6.45) is 1.94. The molecule has 0 unspecified atom stereocenters. The molecule has 3 aromatic rings. The molecular weight excluding hydrogens is 229 g/mol. The average molecular weight is 241 g/mol. The van der Waals surface area contributed by atoms with Gasteiger partial charge in [-0.25, -0.2) is 4.39 Å². The van der Waals surface area contributed by atoms with E-state index in [0.29, 0.717) is 0 Å². The maximum atomic E-state index is 13.7. The third-order valence-corrected chi connectivity index (χ3v) is 3.01. The van der Waals surface area contributed by atoms with Crippen LogP contribution in [0.15, 0.2) is 54.7 Å². The number of methoxy groups -OCH3 is 1. The number of halogens is 1. The fourth-order valence-electron chi connectivity index (χ4n) is 2.11. The molecule has 0 spiro atoms. The fourth-order valence-corrected chi connectivity index (χ4v) is 2.11. The third kappa shape index (κ3) is 1.64. The average Bonchev–Trinajstić information content (AvgIpc) is 2.82. The van der Waals surface area contributed by atoms with E-state index in [1.165, 1.54) is 13.2 Å². The summed E-state index contributed by atoms with van der Waals surface area (Å²) in [6, 6.07) is 15.0. The second-order valence-corrected chi connectivity index (χ2v) is 4.06. The van der Waals surface area contributed by atoms with Crippen molar-refractivity contribution in [3.63, 3.8) is 0 Å². The largest absolute Gasteiger partial charge is 0.494 e. The van der Waals surface area contributed by atoms with Gasteiger partial charge in [-0.15, -0.1) is 0 Å². The lowest BCUT2D eigenvalue weighted by molar-refractivity contribution is 0.386. The van der Waals surface area contributed by atoms with Gasteiger partial charge in [0.15, 0.2) is 11.6 Å². The van der Waals surface area contributed by atoms with E-state index in [1.807, 2.05) is 47.2 Å². The number of ether oxygens (including phenoxy) is 1. The van der Waals surface area contributed by atoms with E-state index >= 15 is 0 Å². The van der Waals surface area contributed by atoms with Crippen LogP contribution in [0.25, 0.3) is 16.6 Å². The first-order valence-electron chi connectivity index (χ1n) is 5.69. The van der Waals surface area contributed by atoms with E-state index in [4.69, 9.17) is 4.74 Å². The SMILES string of the molecule is COc1ccc(-n2ccc3ccccc32)cc1F. The quantitative estimate of drug-likeness (QED) is 0.666. The first kappa shape index (κ1) is 10.8. The topological polar surface area (TPSA) is 14.2 Å². The van der Waals surface area contributed by atoms with Gasteiger partial charge in [0.2, 0.25) is 0 Å². The van der Waals surface area contributed by atoms with Crippen LogP contribution in [0.2, 0.25) is 0 Å². The lowest BCUT2D eigenvalue weighted by Gasteiger charge is -2.07. The molecule has 0 aliphatic carbocycles. The number of hydrogen-bond donors (Lipinski definition) is 0. The Bertz CT molecular complexity index is 703. The van der Waals surface area contributed by atoms with Crippen molar-refractivity contribution in [3.8, 4) is 11.4 Å². The van der Waals surface area contributed by atoms with Crippen molar-refractivity contribution in [2.75, 3.05) is 7.11 Å². The number of aromatic nitrogens is 1. The number of hydrogen-bond acceptors (Lipinski definition) is 1. The smallest absolute Gasteiger partial charge is 0.167 e. The molecule has 2 nitrogen and oxygen atoms in total. The molecule has 0 aliphatic rings. The maximum absolute atomic E-state index is 13.7. The number of rotatable bonds is 2. The minimum absolute atomic E-state index is 0.259. The minimum Gasteiger partial charge on any atom is -0.494 e. The molecule has 0 saturated heterocycles. The molecule has 0 amide bonds. The molecule has 0 bridgehead atoms. The molecule has 18 heavy (non-hydrogen) atoms. The van der Waals surface area contributed by atoms with Gasteiger partial charge in [-0.05, 0) is 29.7 Å². The van der Waals surface area contributed by atoms with Crippen molar-refractivity contribution in [1.29, 1.82) is 0 Å². The van der Waals surface area contributed by atoms with E-state index in [9.17, 15) is 4.39 Å². The molecule has 0 saturated carbocycles. The molecule has 0 fully saturated rings. The van der Waals surface area contributed by atoms with E-state index in [-0.39, 0.29) is 11.6 Å². The molecule has 3 rings (SSSR count). The standard InChI is InChI=1S/C15H12FNO/c1-18-15-7-6-12(10-13(15)16)17-9-8-11-4-2-3-5-14(11)17/h2-10H,1H3. The molecule has 3 heteroatoms. The highest BCUT2D eigenvalue weighted by atomic mass is 19.1. The Kier molecular flexibility index (Phi) is 2.52. The van der Waals surface area contributed by atoms with Crippen molar-refractivity contribution in [1.82, 2.24) is 4.57 Å². The minimum atomic E-state index is -0.354. The van der Waals surface area contributed by atoms with Crippen LogP contribution >= 0.6 is 0 Å². The zero-order valence-corrected chi connectivity index (χ0v) is 9.93. The number of benzene rings is 2. The summed E-state index contributed by atoms with van der Waals surface area (Å²) in [5.41, 5.74) is 1.84. The predicted octanol–water partition coefficient (Wildman–Crippen LogP) is 3.78. The molecule has 0 radical (unpaired) electrons. The van der Waals surface area contributed by atoms with Crippen LogP contribution in [0.4, 0.5) is 4.39 Å². The Balaban J connectivity index is 2.17. The van der Waals surface area contributed by atoms with Gasteiger partial charge in [0.05, 0.1) is 12.6 Å². The molecule has 2 aromatic carbocycles. The highest BCUT2D eigenvalue weighted by molar-refractivity contribution is 5.81. The maximum Gasteiger partial charge on any atom is 0.167 e. The van der Waals surface area contributed by atoms with Crippen LogP contribution in [0.5, 0.6) is 5.75 Å². The summed E-state index contributed by atoms with van der Waals surface area (Å²) in [4.78, 5) is 0. The summed E-state index contributed by atoms with van der Waals surface area (Å²) < 4.78 is 20.6. The van der Waals surface area contributed by atoms with Crippen molar-refractivity contribution in [2.24, 2.45) is 0 Å². The molecule has 1 aromatic heterocycles. The Morgan fingerprint density at radius 1 is 1.06 bits per heavy atom. The summed E-state index contributed by atoms with van der Waals surface area (Å²) in [7, 11) is 1.46. The molecule has 0 N–H and O–H groups in total. The monoisotopic (exact) mass is 241 g/mol. The Hall–Kier alpha value is -2.29. The van der Waals surface area contributed by atoms with Gasteiger partial charge in [-0.1, -0.05) is 18.2 Å². The molecule has 0 atom stereocenters. The molecule has 90 valence electrons. The van der Waals surface area contributed by atoms with Gasteiger partial charge >= 0.3 is 0 Å². The van der Waals surface area contributed by atoms with Crippen LogP contribution < -0.4 is 4.74 Å². The first-order valence-corrected chi connectivity index (χ1v) is 5.69. The highest BCUT2D eigenvalue weighted by Crippen LogP contribution is 2.24. The molecule has 1 heterocycles. The zero-order chi connectivity index (χ0) is 12.5. The van der Waals surface area contributed by atoms with Gasteiger partial charge in [0.1, 0.15) is 0 Å². The van der Waals surface area contributed by atoms with E-state index in [1.54, 1.807) is 6.07 Å². The second-order valence-electron chi connectivity index (χ2n) is 4.06. The van der Waals surface area contributed by atoms with Gasteiger partial charge < -0.3 is 9.30 Å². The summed E-state index contributed by atoms with van der Waals surface area (Å²) in [5, 5.41) is 1.13. The summed E-state index contributed by atoms with van der Waals surface area (Å²) in [6.45, 7) is 0. The Morgan fingerprint density at radius 2 is 1.89 bits per heavy atom. The van der Waals surface area contributed by atoms with E-state index in [0.717, 1.165) is 16.6 Å². The zero-order valence-electron chi connectivity index (χ0n) is 9.93. The van der Waals surface area contributed by atoms with Gasteiger partial charge in [-0.2, -0.15) is 0 Å². The molecular formula is C15H12FNO.